The Bertz CT molecular complexity index is 1230. The van der Waals surface area contributed by atoms with Gasteiger partial charge in [0, 0.05) is 12.6 Å². The van der Waals surface area contributed by atoms with Gasteiger partial charge in [0.25, 0.3) is 0 Å². The van der Waals surface area contributed by atoms with E-state index in [0.29, 0.717) is 24.1 Å². The summed E-state index contributed by atoms with van der Waals surface area (Å²) in [5.41, 5.74) is 1.85. The van der Waals surface area contributed by atoms with Crippen molar-refractivity contribution in [1.29, 1.82) is 0 Å². The van der Waals surface area contributed by atoms with Crippen LogP contribution >= 0.6 is 0 Å². The molecule has 1 heterocycles. The van der Waals surface area contributed by atoms with Crippen molar-refractivity contribution >= 4 is 17.6 Å². The summed E-state index contributed by atoms with van der Waals surface area (Å²) < 4.78 is 38.5. The summed E-state index contributed by atoms with van der Waals surface area (Å²) in [6.07, 6.45) is 0.228. The Hall–Kier alpha value is -3.74. The topological polar surface area (TPSA) is 55.8 Å². The third-order valence-corrected chi connectivity index (χ3v) is 6.25. The molecule has 0 aliphatic carbocycles. The van der Waals surface area contributed by atoms with Crippen LogP contribution in [-0.4, -0.2) is 17.5 Å². The number of carbonyl (C=O) groups excluding carboxylic acids is 2. The van der Waals surface area contributed by atoms with Crippen LogP contribution in [0.1, 0.15) is 63.8 Å². The second-order valence-electron chi connectivity index (χ2n) is 10.2. The summed E-state index contributed by atoms with van der Waals surface area (Å²) in [6, 6.07) is 19.0. The van der Waals surface area contributed by atoms with Gasteiger partial charge < -0.3 is 14.4 Å². The van der Waals surface area contributed by atoms with E-state index in [1.54, 1.807) is 29.2 Å². The Morgan fingerprint density at radius 1 is 0.919 bits per heavy atom. The summed E-state index contributed by atoms with van der Waals surface area (Å²) in [4.78, 5) is 26.8. The number of ether oxygens (including phenoxy) is 2. The van der Waals surface area contributed by atoms with Crippen molar-refractivity contribution < 1.29 is 27.8 Å². The number of halogens is 2. The van der Waals surface area contributed by atoms with Crippen molar-refractivity contribution in [3.63, 3.8) is 0 Å². The lowest BCUT2D eigenvalue weighted by atomic mass is 9.78. The number of nitrogens with zero attached hydrogens (tertiary/aromatic N) is 1. The number of carbonyl (C=O) groups is 2. The molecule has 0 bridgehead atoms. The molecule has 1 aliphatic rings. The zero-order valence-corrected chi connectivity index (χ0v) is 21.4. The molecule has 0 saturated carbocycles. The molecule has 3 aromatic carbocycles. The fraction of sp³-hybridized carbons (Fsp3) is 0.333. The number of rotatable bonds is 8. The van der Waals surface area contributed by atoms with Gasteiger partial charge in [-0.15, -0.1) is 0 Å². The van der Waals surface area contributed by atoms with Gasteiger partial charge in [-0.1, -0.05) is 24.3 Å². The highest BCUT2D eigenvalue weighted by atomic mass is 19.1. The van der Waals surface area contributed by atoms with Crippen LogP contribution in [0.5, 0.6) is 5.75 Å². The molecule has 0 N–H and O–H groups in total. The number of anilines is 1. The van der Waals surface area contributed by atoms with Crippen LogP contribution < -0.4 is 9.64 Å². The minimum absolute atomic E-state index is 0.0905. The molecule has 3 aromatic rings. The largest absolute Gasteiger partial charge is 0.488 e. The Kier molecular flexibility index (Phi) is 7.62. The Morgan fingerprint density at radius 2 is 1.49 bits per heavy atom. The molecule has 0 radical (unpaired) electrons. The molecule has 37 heavy (non-hydrogen) atoms. The molecular weight excluding hydrogens is 476 g/mol. The number of hydrogen-bond acceptors (Lipinski definition) is 4. The Balaban J connectivity index is 1.59. The minimum atomic E-state index is -0.603. The molecule has 3 atom stereocenters. The highest BCUT2D eigenvalue weighted by Gasteiger charge is 2.48. The Morgan fingerprint density at radius 3 is 2.03 bits per heavy atom. The van der Waals surface area contributed by atoms with Crippen molar-refractivity contribution in [2.45, 2.75) is 58.3 Å². The normalized spacial score (nSPS) is 18.2. The highest BCUT2D eigenvalue weighted by molar-refractivity contribution is 6.03. The van der Waals surface area contributed by atoms with E-state index >= 15 is 0 Å². The zero-order chi connectivity index (χ0) is 26.7. The van der Waals surface area contributed by atoms with E-state index in [9.17, 15) is 18.4 Å². The van der Waals surface area contributed by atoms with Gasteiger partial charge in [0.2, 0.25) is 5.91 Å². The number of hydrogen-bond donors (Lipinski definition) is 0. The lowest BCUT2D eigenvalue weighted by Crippen LogP contribution is -2.55. The molecular formula is C30H31F2NO4. The van der Waals surface area contributed by atoms with Crippen LogP contribution in [0.2, 0.25) is 0 Å². The van der Waals surface area contributed by atoms with Crippen LogP contribution in [-0.2, 0) is 14.3 Å². The van der Waals surface area contributed by atoms with Gasteiger partial charge in [-0.2, -0.15) is 0 Å². The van der Waals surface area contributed by atoms with Crippen molar-refractivity contribution in [2.24, 2.45) is 5.92 Å². The van der Waals surface area contributed by atoms with Crippen LogP contribution in [0.4, 0.5) is 14.5 Å². The molecule has 0 spiro atoms. The minimum Gasteiger partial charge on any atom is -0.488 e. The molecule has 7 heteroatoms. The summed E-state index contributed by atoms with van der Waals surface area (Å²) in [6.45, 7) is 7.24. The quantitative estimate of drug-likeness (QED) is 0.245. The van der Waals surface area contributed by atoms with Crippen molar-refractivity contribution in [3.8, 4) is 5.75 Å². The maximum atomic E-state index is 13.6. The summed E-state index contributed by atoms with van der Waals surface area (Å²) >= 11 is 0. The first-order valence-corrected chi connectivity index (χ1v) is 12.3. The average molecular weight is 508 g/mol. The third-order valence-electron chi connectivity index (χ3n) is 6.25. The molecule has 4 rings (SSSR count). The summed E-state index contributed by atoms with van der Waals surface area (Å²) in [5, 5.41) is 0. The first-order chi connectivity index (χ1) is 17.5. The molecule has 1 fully saturated rings. The van der Waals surface area contributed by atoms with Crippen molar-refractivity contribution in [3.05, 3.63) is 95.6 Å². The van der Waals surface area contributed by atoms with Crippen LogP contribution in [0.3, 0.4) is 0 Å². The van der Waals surface area contributed by atoms with Crippen molar-refractivity contribution in [1.82, 2.24) is 0 Å². The van der Waals surface area contributed by atoms with Crippen LogP contribution in [0, 0.1) is 17.6 Å². The van der Waals surface area contributed by atoms with E-state index in [2.05, 4.69) is 0 Å². The van der Waals surface area contributed by atoms with Crippen LogP contribution in [0.15, 0.2) is 72.8 Å². The second kappa shape index (κ2) is 10.7. The first-order valence-electron chi connectivity index (χ1n) is 12.3. The van der Waals surface area contributed by atoms with Gasteiger partial charge in [-0.05, 0) is 93.3 Å². The average Bonchev–Trinajstić information content (AvgIpc) is 2.83. The summed E-state index contributed by atoms with van der Waals surface area (Å²) in [5.74, 6) is -0.957. The smallest absolute Gasteiger partial charge is 0.303 e. The number of β-lactam (4-membered cyclic amide) rings is 1. The molecule has 1 amide bonds. The predicted molar refractivity (Wildman–Crippen MR) is 137 cm³/mol. The fourth-order valence-corrected chi connectivity index (χ4v) is 4.69. The van der Waals surface area contributed by atoms with E-state index in [-0.39, 0.29) is 35.1 Å². The van der Waals surface area contributed by atoms with Gasteiger partial charge in [0.1, 0.15) is 29.1 Å². The SMILES string of the molecule is CC(=O)O[C@@H](CC[C@H]1C(=O)N(c2ccc(F)cc2)[C@@H]1c1ccc(OC(C)(C)C)cc1)c1ccc(F)cc1. The van der Waals surface area contributed by atoms with Gasteiger partial charge in [0.15, 0.2) is 0 Å². The maximum absolute atomic E-state index is 13.6. The third kappa shape index (κ3) is 6.34. The molecule has 1 saturated heterocycles. The molecule has 194 valence electrons. The van der Waals surface area contributed by atoms with Gasteiger partial charge in [-0.3, -0.25) is 9.59 Å². The predicted octanol–water partition coefficient (Wildman–Crippen LogP) is 6.93. The molecule has 5 nitrogen and oxygen atoms in total. The van der Waals surface area contributed by atoms with E-state index < -0.39 is 12.1 Å². The fourth-order valence-electron chi connectivity index (χ4n) is 4.69. The van der Waals surface area contributed by atoms with Crippen molar-refractivity contribution in [2.75, 3.05) is 4.90 Å². The van der Waals surface area contributed by atoms with Gasteiger partial charge >= 0.3 is 5.97 Å². The number of amides is 1. The lowest BCUT2D eigenvalue weighted by Gasteiger charge is -2.48. The lowest BCUT2D eigenvalue weighted by molar-refractivity contribution is -0.147. The highest BCUT2D eigenvalue weighted by Crippen LogP contribution is 2.47. The van der Waals surface area contributed by atoms with Crippen LogP contribution in [0.25, 0.3) is 0 Å². The molecule has 0 unspecified atom stereocenters. The molecule has 1 aliphatic heterocycles. The van der Waals surface area contributed by atoms with E-state index in [4.69, 9.17) is 9.47 Å². The summed E-state index contributed by atoms with van der Waals surface area (Å²) in [7, 11) is 0. The van der Waals surface area contributed by atoms with E-state index in [0.717, 1.165) is 11.3 Å². The van der Waals surface area contributed by atoms with E-state index in [1.807, 2.05) is 45.0 Å². The monoisotopic (exact) mass is 507 g/mol. The molecule has 0 aromatic heterocycles. The maximum Gasteiger partial charge on any atom is 0.303 e. The number of benzene rings is 3. The first kappa shape index (κ1) is 26.3. The second-order valence-corrected chi connectivity index (χ2v) is 10.2. The van der Waals surface area contributed by atoms with Gasteiger partial charge in [-0.25, -0.2) is 8.78 Å². The van der Waals surface area contributed by atoms with Gasteiger partial charge in [0.05, 0.1) is 12.0 Å². The van der Waals surface area contributed by atoms with E-state index in [1.165, 1.54) is 31.2 Å². The standard InChI is InChI=1S/C30H31F2NO4/c1-19(34)36-27(20-5-9-22(31)10-6-20)18-17-26-28(21-7-15-25(16-8-21)37-30(2,3)4)33(29(26)35)24-13-11-23(32)12-14-24/h5-16,26-28H,17-18H2,1-4H3/t26-,27+,28-/m1/s1. The Labute approximate surface area is 216 Å². The number of esters is 1. The zero-order valence-electron chi connectivity index (χ0n) is 21.4.